The zero-order valence-electron chi connectivity index (χ0n) is 19.9. The van der Waals surface area contributed by atoms with Crippen LogP contribution < -0.4 is 27.2 Å². The maximum Gasteiger partial charge on any atom is 0.332 e. The Morgan fingerprint density at radius 3 is 2.75 bits per heavy atom. The molecule has 1 saturated heterocycles. The smallest absolute Gasteiger partial charge is 0.332 e. The van der Waals surface area contributed by atoms with Crippen molar-refractivity contribution >= 4 is 34.4 Å². The molecule has 0 bridgehead atoms. The third-order valence-corrected chi connectivity index (χ3v) is 6.04. The summed E-state index contributed by atoms with van der Waals surface area (Å²) in [5.41, 5.74) is 4.67. The number of nitrogens with two attached hydrogens (primary N) is 1. The van der Waals surface area contributed by atoms with Gasteiger partial charge in [0.2, 0.25) is 11.9 Å². The number of carbonyl (C=O) groups is 1. The summed E-state index contributed by atoms with van der Waals surface area (Å²) >= 11 is 0. The van der Waals surface area contributed by atoms with Gasteiger partial charge in [0.15, 0.2) is 11.2 Å². The van der Waals surface area contributed by atoms with Crippen LogP contribution in [0.15, 0.2) is 33.9 Å². The van der Waals surface area contributed by atoms with Gasteiger partial charge in [-0.25, -0.2) is 9.36 Å². The number of benzene rings is 1. The zero-order chi connectivity index (χ0) is 26.0. The molecule has 3 N–H and O–H groups in total. The first-order chi connectivity index (χ1) is 17.2. The molecule has 13 nitrogen and oxygen atoms in total. The third kappa shape index (κ3) is 4.58. The van der Waals surface area contributed by atoms with E-state index in [4.69, 9.17) is 5.73 Å². The van der Waals surface area contributed by atoms with Crippen molar-refractivity contribution in [3.8, 4) is 11.8 Å². The van der Waals surface area contributed by atoms with Crippen LogP contribution >= 0.6 is 0 Å². The normalized spacial score (nSPS) is 15.4. The summed E-state index contributed by atoms with van der Waals surface area (Å²) in [7, 11) is 1.47. The monoisotopic (exact) mass is 494 g/mol. The topological polar surface area (TPSA) is 163 Å². The maximum absolute atomic E-state index is 13.5. The highest BCUT2D eigenvalue weighted by atomic mass is 16.6. The maximum atomic E-state index is 13.5. The fourth-order valence-corrected chi connectivity index (χ4v) is 4.31. The summed E-state index contributed by atoms with van der Waals surface area (Å²) in [5, 5.41) is 13.7. The summed E-state index contributed by atoms with van der Waals surface area (Å²) < 4.78 is 3.63. The van der Waals surface area contributed by atoms with Crippen molar-refractivity contribution < 1.29 is 9.72 Å². The molecule has 3 heterocycles. The van der Waals surface area contributed by atoms with Crippen molar-refractivity contribution in [1.82, 2.24) is 18.7 Å². The van der Waals surface area contributed by atoms with E-state index in [9.17, 15) is 24.5 Å². The number of nitrogens with zero attached hydrogens (tertiary/aromatic N) is 6. The van der Waals surface area contributed by atoms with Crippen molar-refractivity contribution in [1.29, 1.82) is 0 Å². The second kappa shape index (κ2) is 10.0. The SMILES string of the molecule is CC#CCn1c(N2CCC[C@@H](N)C2)nc2c1c(=O)n(CC(=O)Nc1ccccc1[N+](=O)[O-])c(=O)n2C. The highest BCUT2D eigenvalue weighted by molar-refractivity contribution is 5.93. The lowest BCUT2D eigenvalue weighted by atomic mass is 10.1. The van der Waals surface area contributed by atoms with Gasteiger partial charge in [-0.15, -0.1) is 5.92 Å². The number of imidazole rings is 1. The molecule has 36 heavy (non-hydrogen) atoms. The van der Waals surface area contributed by atoms with Gasteiger partial charge in [-0.2, -0.15) is 4.98 Å². The van der Waals surface area contributed by atoms with E-state index < -0.39 is 28.6 Å². The van der Waals surface area contributed by atoms with Gasteiger partial charge in [0.05, 0.1) is 11.5 Å². The van der Waals surface area contributed by atoms with Gasteiger partial charge in [0.1, 0.15) is 12.2 Å². The Morgan fingerprint density at radius 1 is 1.31 bits per heavy atom. The zero-order valence-corrected chi connectivity index (χ0v) is 19.9. The number of hydrogen-bond donors (Lipinski definition) is 2. The fourth-order valence-electron chi connectivity index (χ4n) is 4.31. The molecule has 1 atom stereocenters. The molecular weight excluding hydrogens is 468 g/mol. The molecule has 0 unspecified atom stereocenters. The number of carbonyl (C=O) groups excluding carboxylic acids is 1. The van der Waals surface area contributed by atoms with Gasteiger partial charge in [0.25, 0.3) is 11.2 Å². The van der Waals surface area contributed by atoms with E-state index in [1.165, 1.54) is 35.9 Å². The predicted molar refractivity (Wildman–Crippen MR) is 134 cm³/mol. The molecule has 2 aromatic heterocycles. The van der Waals surface area contributed by atoms with Crippen molar-refractivity contribution in [2.45, 2.75) is 38.9 Å². The molecule has 1 aliphatic rings. The lowest BCUT2D eigenvalue weighted by Crippen LogP contribution is -2.44. The molecule has 1 aromatic carbocycles. The molecule has 13 heteroatoms. The van der Waals surface area contributed by atoms with E-state index in [1.54, 1.807) is 11.5 Å². The highest BCUT2D eigenvalue weighted by Crippen LogP contribution is 2.24. The number of amides is 1. The van der Waals surface area contributed by atoms with Crippen molar-refractivity contribution in [2.24, 2.45) is 12.8 Å². The highest BCUT2D eigenvalue weighted by Gasteiger charge is 2.26. The quantitative estimate of drug-likeness (QED) is 0.282. The van der Waals surface area contributed by atoms with Gasteiger partial charge in [-0.05, 0) is 25.8 Å². The van der Waals surface area contributed by atoms with Gasteiger partial charge >= 0.3 is 5.69 Å². The van der Waals surface area contributed by atoms with Crippen LogP contribution in [-0.4, -0.2) is 48.6 Å². The molecule has 0 spiro atoms. The molecule has 0 aliphatic carbocycles. The van der Waals surface area contributed by atoms with Crippen molar-refractivity contribution in [2.75, 3.05) is 23.3 Å². The van der Waals surface area contributed by atoms with Crippen LogP contribution in [0.3, 0.4) is 0 Å². The molecule has 188 valence electrons. The molecule has 0 saturated carbocycles. The first kappa shape index (κ1) is 24.7. The van der Waals surface area contributed by atoms with E-state index >= 15 is 0 Å². The van der Waals surface area contributed by atoms with Gasteiger partial charge in [-0.3, -0.25) is 28.8 Å². The van der Waals surface area contributed by atoms with E-state index in [0.29, 0.717) is 19.0 Å². The Kier molecular flexibility index (Phi) is 6.89. The Bertz CT molecular complexity index is 1520. The van der Waals surface area contributed by atoms with E-state index in [2.05, 4.69) is 22.1 Å². The summed E-state index contributed by atoms with van der Waals surface area (Å²) in [5.74, 6) is 5.47. The van der Waals surface area contributed by atoms with Crippen LogP contribution in [0.1, 0.15) is 19.8 Å². The van der Waals surface area contributed by atoms with Crippen LogP contribution in [0.5, 0.6) is 0 Å². The largest absolute Gasteiger partial charge is 0.341 e. The summed E-state index contributed by atoms with van der Waals surface area (Å²) in [6.45, 7) is 2.43. The van der Waals surface area contributed by atoms with E-state index in [0.717, 1.165) is 17.4 Å². The lowest BCUT2D eigenvalue weighted by Gasteiger charge is -2.31. The Labute approximate surface area is 205 Å². The summed E-state index contributed by atoms with van der Waals surface area (Å²) in [6, 6.07) is 5.56. The summed E-state index contributed by atoms with van der Waals surface area (Å²) in [4.78, 5) is 56.5. The molecule has 1 aliphatic heterocycles. The number of piperidine rings is 1. The fraction of sp³-hybridized carbons (Fsp3) is 0.391. The number of nitro groups is 1. The van der Waals surface area contributed by atoms with Gasteiger partial charge in [-0.1, -0.05) is 18.1 Å². The number of para-hydroxylation sites is 2. The molecule has 4 rings (SSSR count). The van der Waals surface area contributed by atoms with Crippen molar-refractivity contribution in [3.63, 3.8) is 0 Å². The molecule has 1 fully saturated rings. The minimum absolute atomic E-state index is 0.0366. The number of nitro benzene ring substituents is 1. The van der Waals surface area contributed by atoms with E-state index in [1.807, 2.05) is 4.90 Å². The average molecular weight is 495 g/mol. The second-order valence-electron chi connectivity index (χ2n) is 8.50. The number of rotatable bonds is 6. The van der Waals surface area contributed by atoms with E-state index in [-0.39, 0.29) is 35.1 Å². The standard InChI is InChI=1S/C23H26N8O5/c1-3-4-12-29-19-20(26-22(29)28-11-7-8-15(24)13-28)27(2)23(34)30(21(19)33)14-18(32)25-16-9-5-6-10-17(16)31(35)36/h5-6,9-10,15H,7-8,11-14,24H2,1-2H3,(H,25,32)/t15-/m1/s1. The predicted octanol–water partition coefficient (Wildman–Crippen LogP) is 0.394. The average Bonchev–Trinajstić information content (AvgIpc) is 3.24. The number of hydrogen-bond acceptors (Lipinski definition) is 8. The number of anilines is 2. The minimum atomic E-state index is -0.760. The van der Waals surface area contributed by atoms with Crippen molar-refractivity contribution in [3.05, 3.63) is 55.2 Å². The Morgan fingerprint density at radius 2 is 2.06 bits per heavy atom. The van der Waals surface area contributed by atoms with Crippen LogP contribution in [-0.2, 0) is 24.9 Å². The van der Waals surface area contributed by atoms with Crippen LogP contribution in [0, 0.1) is 22.0 Å². The van der Waals surface area contributed by atoms with Crippen LogP contribution in [0.25, 0.3) is 11.2 Å². The first-order valence-electron chi connectivity index (χ1n) is 11.4. The molecular formula is C23H26N8O5. The minimum Gasteiger partial charge on any atom is -0.341 e. The number of fused-ring (bicyclic) bond motifs is 1. The third-order valence-electron chi connectivity index (χ3n) is 6.04. The van der Waals surface area contributed by atoms with Crippen LogP contribution in [0.2, 0.25) is 0 Å². The Hall–Kier alpha value is -4.44. The molecule has 3 aromatic rings. The van der Waals surface area contributed by atoms with Gasteiger partial charge in [0, 0.05) is 32.2 Å². The second-order valence-corrected chi connectivity index (χ2v) is 8.50. The van der Waals surface area contributed by atoms with Gasteiger partial charge < -0.3 is 16.0 Å². The lowest BCUT2D eigenvalue weighted by molar-refractivity contribution is -0.383. The number of aromatic nitrogens is 4. The molecule has 1 amide bonds. The van der Waals surface area contributed by atoms with Crippen LogP contribution in [0.4, 0.5) is 17.3 Å². The first-order valence-corrected chi connectivity index (χ1v) is 11.4. The number of aryl methyl sites for hydroxylation is 1. The number of nitrogens with one attached hydrogen (secondary N) is 1. The molecule has 0 radical (unpaired) electrons. The summed E-state index contributed by atoms with van der Waals surface area (Å²) in [6.07, 6.45) is 1.74. The Balaban J connectivity index is 1.79.